The Morgan fingerprint density at radius 2 is 1.72 bits per heavy atom. The Bertz CT molecular complexity index is 928. The number of amides is 1. The maximum absolute atomic E-state index is 12.7. The highest BCUT2D eigenvalue weighted by Crippen LogP contribution is 2.44. The van der Waals surface area contributed by atoms with Crippen molar-refractivity contribution in [1.29, 1.82) is 0 Å². The molecule has 0 unspecified atom stereocenters. The molecule has 1 saturated heterocycles. The van der Waals surface area contributed by atoms with Gasteiger partial charge in [0, 0.05) is 18.5 Å². The molecule has 0 spiro atoms. The van der Waals surface area contributed by atoms with Crippen LogP contribution in [-0.4, -0.2) is 53.8 Å². The molecule has 2 aromatic rings. The zero-order valence-electron chi connectivity index (χ0n) is 18.8. The third-order valence-electron chi connectivity index (χ3n) is 6.53. The van der Waals surface area contributed by atoms with Gasteiger partial charge in [0.2, 0.25) is 0 Å². The average Bonchev–Trinajstić information content (AvgIpc) is 3.34. The number of likely N-dealkylation sites (tertiary alicyclic amines) is 1. The summed E-state index contributed by atoms with van der Waals surface area (Å²) < 4.78 is 5.71. The molecule has 4 rings (SSSR count). The summed E-state index contributed by atoms with van der Waals surface area (Å²) in [5.41, 5.74) is 4.76. The van der Waals surface area contributed by atoms with Gasteiger partial charge in [-0.25, -0.2) is 4.79 Å². The van der Waals surface area contributed by atoms with Crippen molar-refractivity contribution >= 4 is 12.1 Å². The number of nitrogens with one attached hydrogen (secondary N) is 1. The molecule has 0 bridgehead atoms. The molecule has 1 fully saturated rings. The average molecular weight is 437 g/mol. The van der Waals surface area contributed by atoms with E-state index < -0.39 is 18.1 Å². The molecule has 6 nitrogen and oxygen atoms in total. The minimum absolute atomic E-state index is 0.0201. The number of carboxylic acid groups (broad SMARTS) is 1. The lowest BCUT2D eigenvalue weighted by molar-refractivity contribution is -0.142. The van der Waals surface area contributed by atoms with Gasteiger partial charge in [-0.05, 0) is 54.0 Å². The molecule has 0 saturated carbocycles. The van der Waals surface area contributed by atoms with Crippen molar-refractivity contribution in [1.82, 2.24) is 10.2 Å². The highest BCUT2D eigenvalue weighted by molar-refractivity contribution is 5.79. The SMILES string of the molecule is CC(C)C[C@@H](CN1CCC[C@H]1C(=O)O)NC(=O)OCC1c2ccccc2-c2ccccc21. The predicted octanol–water partition coefficient (Wildman–Crippen LogP) is 4.49. The first kappa shape index (κ1) is 22.3. The molecular weight excluding hydrogens is 404 g/mol. The van der Waals surface area contributed by atoms with Gasteiger partial charge in [0.1, 0.15) is 12.6 Å². The minimum atomic E-state index is -0.785. The zero-order chi connectivity index (χ0) is 22.7. The van der Waals surface area contributed by atoms with E-state index in [1.54, 1.807) is 0 Å². The Kier molecular flexibility index (Phi) is 6.80. The number of hydrogen-bond acceptors (Lipinski definition) is 4. The van der Waals surface area contributed by atoms with Crippen LogP contribution in [0.2, 0.25) is 0 Å². The molecular formula is C26H32N2O4. The molecule has 1 heterocycles. The Morgan fingerprint density at radius 3 is 2.31 bits per heavy atom. The van der Waals surface area contributed by atoms with Crippen molar-refractivity contribution in [2.45, 2.75) is 51.1 Å². The quantitative estimate of drug-likeness (QED) is 0.638. The van der Waals surface area contributed by atoms with Crippen LogP contribution >= 0.6 is 0 Å². The molecule has 2 aliphatic rings. The molecule has 1 amide bonds. The molecule has 2 aromatic carbocycles. The van der Waals surface area contributed by atoms with E-state index in [1.165, 1.54) is 22.3 Å². The molecule has 32 heavy (non-hydrogen) atoms. The minimum Gasteiger partial charge on any atom is -0.480 e. The second kappa shape index (κ2) is 9.74. The standard InChI is InChI=1S/C26H32N2O4/c1-17(2)14-18(15-28-13-7-12-24(28)25(29)30)27-26(31)32-16-23-21-10-5-3-8-19(21)20-9-4-6-11-22(20)23/h3-6,8-11,17-18,23-24H,7,12-16H2,1-2H3,(H,27,31)(H,29,30)/t18-,24-/m0/s1. The lowest BCUT2D eigenvalue weighted by Crippen LogP contribution is -2.48. The largest absolute Gasteiger partial charge is 0.480 e. The maximum atomic E-state index is 12.7. The van der Waals surface area contributed by atoms with Crippen LogP contribution < -0.4 is 5.32 Å². The second-order valence-corrected chi connectivity index (χ2v) is 9.29. The maximum Gasteiger partial charge on any atom is 0.407 e. The number of nitrogens with zero attached hydrogens (tertiary/aromatic N) is 1. The number of hydrogen-bond donors (Lipinski definition) is 2. The van der Waals surface area contributed by atoms with E-state index in [-0.39, 0.29) is 18.6 Å². The number of carboxylic acids is 1. The Balaban J connectivity index is 1.40. The number of fused-ring (bicyclic) bond motifs is 3. The fourth-order valence-electron chi connectivity index (χ4n) is 5.16. The number of aliphatic carboxylic acids is 1. The fraction of sp³-hybridized carbons (Fsp3) is 0.462. The van der Waals surface area contributed by atoms with Gasteiger partial charge < -0.3 is 15.2 Å². The van der Waals surface area contributed by atoms with Crippen LogP contribution in [0.5, 0.6) is 0 Å². The lowest BCUT2D eigenvalue weighted by atomic mass is 9.98. The van der Waals surface area contributed by atoms with Crippen LogP contribution in [0, 0.1) is 5.92 Å². The first-order valence-corrected chi connectivity index (χ1v) is 11.5. The first-order valence-electron chi connectivity index (χ1n) is 11.5. The highest BCUT2D eigenvalue weighted by atomic mass is 16.5. The van der Waals surface area contributed by atoms with Gasteiger partial charge in [-0.15, -0.1) is 0 Å². The summed E-state index contributed by atoms with van der Waals surface area (Å²) in [7, 11) is 0. The van der Waals surface area contributed by atoms with E-state index in [2.05, 4.69) is 43.4 Å². The van der Waals surface area contributed by atoms with E-state index in [4.69, 9.17) is 4.74 Å². The predicted molar refractivity (Wildman–Crippen MR) is 124 cm³/mol. The third kappa shape index (κ3) is 4.80. The zero-order valence-corrected chi connectivity index (χ0v) is 18.8. The number of alkyl carbamates (subject to hydrolysis) is 1. The van der Waals surface area contributed by atoms with Crippen LogP contribution in [0.3, 0.4) is 0 Å². The van der Waals surface area contributed by atoms with E-state index >= 15 is 0 Å². The summed E-state index contributed by atoms with van der Waals surface area (Å²) in [4.78, 5) is 26.2. The summed E-state index contributed by atoms with van der Waals surface area (Å²) >= 11 is 0. The normalized spacial score (nSPS) is 18.9. The van der Waals surface area contributed by atoms with Gasteiger partial charge >= 0.3 is 12.1 Å². The molecule has 2 N–H and O–H groups in total. The number of rotatable bonds is 8. The van der Waals surface area contributed by atoms with Crippen molar-refractivity contribution in [2.24, 2.45) is 5.92 Å². The summed E-state index contributed by atoms with van der Waals surface area (Å²) in [5, 5.41) is 12.5. The van der Waals surface area contributed by atoms with Crippen LogP contribution in [0.1, 0.15) is 50.2 Å². The second-order valence-electron chi connectivity index (χ2n) is 9.29. The van der Waals surface area contributed by atoms with Gasteiger partial charge in [-0.3, -0.25) is 9.69 Å². The van der Waals surface area contributed by atoms with Gasteiger partial charge in [-0.1, -0.05) is 62.4 Å². The Morgan fingerprint density at radius 1 is 1.09 bits per heavy atom. The van der Waals surface area contributed by atoms with Crippen LogP contribution in [0.4, 0.5) is 4.79 Å². The smallest absolute Gasteiger partial charge is 0.407 e. The summed E-state index contributed by atoms with van der Waals surface area (Å²) in [6, 6.07) is 15.9. The number of carbonyl (C=O) groups excluding carboxylic acids is 1. The van der Waals surface area contributed by atoms with Crippen molar-refractivity contribution in [3.63, 3.8) is 0 Å². The van der Waals surface area contributed by atoms with E-state index in [0.29, 0.717) is 18.9 Å². The van der Waals surface area contributed by atoms with E-state index in [0.717, 1.165) is 19.4 Å². The molecule has 0 aromatic heterocycles. The number of benzene rings is 2. The van der Waals surface area contributed by atoms with Crippen molar-refractivity contribution in [2.75, 3.05) is 19.7 Å². The summed E-state index contributed by atoms with van der Waals surface area (Å²) in [5.74, 6) is -0.390. The summed E-state index contributed by atoms with van der Waals surface area (Å²) in [6.45, 7) is 5.75. The Labute approximate surface area is 189 Å². The monoisotopic (exact) mass is 436 g/mol. The molecule has 2 atom stereocenters. The highest BCUT2D eigenvalue weighted by Gasteiger charge is 2.33. The van der Waals surface area contributed by atoms with E-state index in [9.17, 15) is 14.7 Å². The van der Waals surface area contributed by atoms with Crippen molar-refractivity contribution < 1.29 is 19.4 Å². The fourth-order valence-corrected chi connectivity index (χ4v) is 5.16. The topological polar surface area (TPSA) is 78.9 Å². The number of ether oxygens (including phenoxy) is 1. The van der Waals surface area contributed by atoms with Crippen LogP contribution in [0.15, 0.2) is 48.5 Å². The molecule has 6 heteroatoms. The van der Waals surface area contributed by atoms with Crippen LogP contribution in [0.25, 0.3) is 11.1 Å². The van der Waals surface area contributed by atoms with Gasteiger partial charge in [-0.2, -0.15) is 0 Å². The van der Waals surface area contributed by atoms with Gasteiger partial charge in [0.05, 0.1) is 0 Å². The number of carbonyl (C=O) groups is 2. The van der Waals surface area contributed by atoms with E-state index in [1.807, 2.05) is 29.2 Å². The Hall–Kier alpha value is -2.86. The van der Waals surface area contributed by atoms with Crippen molar-refractivity contribution in [3.8, 4) is 11.1 Å². The molecule has 1 aliphatic carbocycles. The molecule has 0 radical (unpaired) electrons. The van der Waals surface area contributed by atoms with Gasteiger partial charge in [0.25, 0.3) is 0 Å². The molecule has 170 valence electrons. The van der Waals surface area contributed by atoms with Crippen LogP contribution in [-0.2, 0) is 9.53 Å². The lowest BCUT2D eigenvalue weighted by Gasteiger charge is -2.28. The third-order valence-corrected chi connectivity index (χ3v) is 6.53. The summed E-state index contributed by atoms with van der Waals surface area (Å²) in [6.07, 6.45) is 1.86. The first-order chi connectivity index (χ1) is 15.4. The van der Waals surface area contributed by atoms with Crippen molar-refractivity contribution in [3.05, 3.63) is 59.7 Å². The molecule has 1 aliphatic heterocycles. The van der Waals surface area contributed by atoms with Gasteiger partial charge in [0.15, 0.2) is 0 Å².